The summed E-state index contributed by atoms with van der Waals surface area (Å²) in [6.07, 6.45) is 0. The predicted octanol–water partition coefficient (Wildman–Crippen LogP) is -6.69. The van der Waals surface area contributed by atoms with Crippen molar-refractivity contribution in [2.75, 3.05) is 0 Å². The van der Waals surface area contributed by atoms with E-state index in [1.54, 1.807) is 0 Å². The van der Waals surface area contributed by atoms with Gasteiger partial charge < -0.3 is 33.9 Å². The molecular formula is H6FeLiO8P3. The first-order valence-corrected chi connectivity index (χ1v) is 4.54. The minimum absolute atomic E-state index is 0. The normalized spacial score (nSPS) is 9.08. The molecule has 0 heterocycles. The molecule has 0 bridgehead atoms. The van der Waals surface area contributed by atoms with Crippen molar-refractivity contribution in [2.45, 2.75) is 0 Å². The van der Waals surface area contributed by atoms with Crippen molar-refractivity contribution in [1.29, 1.82) is 0 Å². The topological polar surface area (TPSA) is 164 Å². The van der Waals surface area contributed by atoms with Crippen molar-refractivity contribution >= 4 is 25.5 Å². The predicted molar refractivity (Wildman–Crippen MR) is 33.0 cm³/mol. The smallest absolute Gasteiger partial charge is 0.822 e. The maximum absolute atomic E-state index is 8.88. The van der Waals surface area contributed by atoms with Gasteiger partial charge in [0.1, 0.15) is 0 Å². The molecule has 1 atom stereocenters. The molecule has 13 heteroatoms. The van der Waals surface area contributed by atoms with E-state index in [-0.39, 0.29) is 45.8 Å². The van der Waals surface area contributed by atoms with E-state index in [1.165, 1.54) is 0 Å². The van der Waals surface area contributed by atoms with Gasteiger partial charge in [-0.15, -0.1) is 0 Å². The summed E-state index contributed by atoms with van der Waals surface area (Å²) < 4.78 is 17.4. The van der Waals surface area contributed by atoms with Crippen molar-refractivity contribution in [3.8, 4) is 0 Å². The van der Waals surface area contributed by atoms with E-state index in [4.69, 9.17) is 38.5 Å². The van der Waals surface area contributed by atoms with Crippen molar-refractivity contribution in [1.82, 2.24) is 0 Å². The summed E-state index contributed by atoms with van der Waals surface area (Å²) in [6, 6.07) is 0. The largest absolute Gasteiger partial charge is 2.00 e. The van der Waals surface area contributed by atoms with Crippen LogP contribution in [-0.2, 0) is 26.2 Å². The Bertz CT molecular complexity index is 132. The summed E-state index contributed by atoms with van der Waals surface area (Å²) in [5, 5.41) is 0. The maximum Gasteiger partial charge on any atom is 2.00 e. The molecule has 0 aliphatic rings. The summed E-state index contributed by atoms with van der Waals surface area (Å²) in [4.78, 5) is 47.2. The average Bonchev–Trinajstić information content (AvgIpc) is 1.12. The van der Waals surface area contributed by atoms with Gasteiger partial charge in [-0.25, -0.2) is 4.57 Å². The van der Waals surface area contributed by atoms with Crippen LogP contribution in [0.3, 0.4) is 0 Å². The zero-order valence-electron chi connectivity index (χ0n) is 6.34. The van der Waals surface area contributed by atoms with Crippen LogP contribution in [-0.4, -0.2) is 14.7 Å². The SMILES string of the molecule is O=P(O)(O)O.O=P([O-])([O-])[O-].P.[Fe+2].[Li+]. The first-order chi connectivity index (χ1) is 4.00. The molecule has 0 aliphatic heterocycles. The molecule has 3 N–H and O–H groups in total. The summed E-state index contributed by atoms with van der Waals surface area (Å²) in [6.45, 7) is 0. The summed E-state index contributed by atoms with van der Waals surface area (Å²) in [5.41, 5.74) is 0. The van der Waals surface area contributed by atoms with Crippen LogP contribution in [0.15, 0.2) is 0 Å². The van der Waals surface area contributed by atoms with E-state index >= 15 is 0 Å². The summed E-state index contributed by atoms with van der Waals surface area (Å²) >= 11 is 0. The maximum atomic E-state index is 8.88. The van der Waals surface area contributed by atoms with E-state index < -0.39 is 15.6 Å². The van der Waals surface area contributed by atoms with Crippen molar-refractivity contribution in [3.63, 3.8) is 0 Å². The van der Waals surface area contributed by atoms with Gasteiger partial charge in [0.2, 0.25) is 0 Å². The number of hydrogen-bond donors (Lipinski definition) is 3. The number of hydrogen-bond acceptors (Lipinski definition) is 5. The third-order valence-electron chi connectivity index (χ3n) is 0. The van der Waals surface area contributed by atoms with Crippen molar-refractivity contribution < 1.29 is 74.4 Å². The van der Waals surface area contributed by atoms with Gasteiger partial charge in [-0.05, 0) is 0 Å². The molecule has 0 saturated heterocycles. The molecule has 1 unspecified atom stereocenters. The van der Waals surface area contributed by atoms with Crippen LogP contribution in [0.5, 0.6) is 0 Å². The molecule has 8 nitrogen and oxygen atoms in total. The van der Waals surface area contributed by atoms with Gasteiger partial charge in [-0.1, -0.05) is 0 Å². The van der Waals surface area contributed by atoms with Crippen LogP contribution >= 0.6 is 25.5 Å². The van der Waals surface area contributed by atoms with Crippen LogP contribution < -0.4 is 33.5 Å². The zero-order chi connectivity index (χ0) is 9.00. The third-order valence-corrected chi connectivity index (χ3v) is 0. The molecule has 0 aromatic carbocycles. The van der Waals surface area contributed by atoms with Gasteiger partial charge in [-0.2, -0.15) is 17.7 Å². The second-order valence-corrected chi connectivity index (χ2v) is 2.88. The Kier molecular flexibility index (Phi) is 26.7. The fourth-order valence-electron chi connectivity index (χ4n) is 0. The second-order valence-electron chi connectivity index (χ2n) is 0.960. The summed E-state index contributed by atoms with van der Waals surface area (Å²) in [5.74, 6) is 0. The zero-order valence-corrected chi connectivity index (χ0v) is 10.6. The average molecular weight is 290 g/mol. The molecular weight excluding hydrogens is 284 g/mol. The number of rotatable bonds is 0. The first kappa shape index (κ1) is 29.3. The van der Waals surface area contributed by atoms with E-state index in [1.807, 2.05) is 0 Å². The minimum atomic E-state index is -5.39. The summed E-state index contributed by atoms with van der Waals surface area (Å²) in [7, 11) is -10.0. The monoisotopic (exact) mass is 290 g/mol. The fourth-order valence-corrected chi connectivity index (χ4v) is 0. The van der Waals surface area contributed by atoms with Crippen LogP contribution in [0.25, 0.3) is 0 Å². The van der Waals surface area contributed by atoms with Gasteiger partial charge in [0, 0.05) is 0 Å². The minimum Gasteiger partial charge on any atom is -0.822 e. The Hall–Kier alpha value is 1.77. The van der Waals surface area contributed by atoms with Crippen molar-refractivity contribution in [2.24, 2.45) is 0 Å². The Morgan fingerprint density at radius 3 is 0.923 bits per heavy atom. The van der Waals surface area contributed by atoms with Crippen LogP contribution in [0.2, 0.25) is 0 Å². The van der Waals surface area contributed by atoms with Crippen LogP contribution in [0.1, 0.15) is 0 Å². The molecule has 0 rings (SSSR count). The molecule has 0 aromatic heterocycles. The van der Waals surface area contributed by atoms with E-state index in [9.17, 15) is 0 Å². The third kappa shape index (κ3) is 611. The Balaban J connectivity index is -0.0000000267. The van der Waals surface area contributed by atoms with E-state index in [0.717, 1.165) is 0 Å². The van der Waals surface area contributed by atoms with Gasteiger partial charge >= 0.3 is 43.8 Å². The van der Waals surface area contributed by atoms with Gasteiger partial charge in [0.25, 0.3) is 0 Å². The fraction of sp³-hybridized carbons (Fsp3) is 0. The molecule has 0 saturated carbocycles. The first-order valence-electron chi connectivity index (χ1n) is 1.51. The van der Waals surface area contributed by atoms with Gasteiger partial charge in [0.15, 0.2) is 0 Å². The Labute approximate surface area is 99.9 Å². The molecule has 0 aromatic rings. The Morgan fingerprint density at radius 2 is 0.923 bits per heavy atom. The van der Waals surface area contributed by atoms with Gasteiger partial charge in [-0.3, -0.25) is 0 Å². The molecule has 13 heavy (non-hydrogen) atoms. The molecule has 0 radical (unpaired) electrons. The molecule has 0 aliphatic carbocycles. The molecule has 0 fully saturated rings. The van der Waals surface area contributed by atoms with Crippen LogP contribution in [0.4, 0.5) is 0 Å². The molecule has 0 amide bonds. The second kappa shape index (κ2) is 11.8. The Morgan fingerprint density at radius 1 is 0.923 bits per heavy atom. The standard InChI is InChI=1S/Fe.Li.2H3O4P.H3P/c;;2*1-5(2,3)4;/h;;2*(H3,1,2,3,4);1H3/q+2;+1;;;/p-3. The quantitative estimate of drug-likeness (QED) is 0.292. The van der Waals surface area contributed by atoms with Gasteiger partial charge in [0.05, 0.1) is 0 Å². The van der Waals surface area contributed by atoms with E-state index in [2.05, 4.69) is 0 Å². The molecule has 78 valence electrons. The van der Waals surface area contributed by atoms with E-state index in [0.29, 0.717) is 0 Å². The molecule has 0 spiro atoms. The number of phosphoric acid groups is 2. The van der Waals surface area contributed by atoms with Crippen LogP contribution in [0, 0.1) is 0 Å². The van der Waals surface area contributed by atoms with Crippen molar-refractivity contribution in [3.05, 3.63) is 0 Å².